The lowest BCUT2D eigenvalue weighted by atomic mass is 10.1. The normalized spacial score (nSPS) is 10.4. The second kappa shape index (κ2) is 5.06. The van der Waals surface area contributed by atoms with Crippen molar-refractivity contribution >= 4 is 11.0 Å². The van der Waals surface area contributed by atoms with Crippen molar-refractivity contribution in [3.63, 3.8) is 0 Å². The van der Waals surface area contributed by atoms with E-state index in [0.29, 0.717) is 12.2 Å². The number of aromatic amines is 1. The van der Waals surface area contributed by atoms with Crippen LogP contribution in [0.25, 0.3) is 11.0 Å². The number of imidazole rings is 1. The molecule has 0 aliphatic heterocycles. The molecule has 3 rings (SSSR count). The van der Waals surface area contributed by atoms with Crippen LogP contribution in [0.3, 0.4) is 0 Å². The molecular formula is C16H13N3O. The van der Waals surface area contributed by atoms with E-state index in [0.717, 1.165) is 28.2 Å². The second-order valence-electron chi connectivity index (χ2n) is 4.56. The quantitative estimate of drug-likeness (QED) is 0.788. The van der Waals surface area contributed by atoms with Gasteiger partial charge in [0.15, 0.2) is 0 Å². The molecule has 0 radical (unpaired) electrons. The molecule has 4 nitrogen and oxygen atoms in total. The number of aromatic nitrogens is 2. The van der Waals surface area contributed by atoms with Crippen LogP contribution in [0.4, 0.5) is 0 Å². The van der Waals surface area contributed by atoms with E-state index in [1.54, 1.807) is 6.07 Å². The molecule has 2 aromatic carbocycles. The summed E-state index contributed by atoms with van der Waals surface area (Å²) in [6, 6.07) is 15.3. The van der Waals surface area contributed by atoms with Crippen molar-refractivity contribution < 1.29 is 4.74 Å². The number of nitrogens with zero attached hydrogens (tertiary/aromatic N) is 2. The molecule has 0 saturated heterocycles. The van der Waals surface area contributed by atoms with Crippen LogP contribution in [0, 0.1) is 18.3 Å². The van der Waals surface area contributed by atoms with E-state index in [1.807, 2.05) is 43.3 Å². The van der Waals surface area contributed by atoms with Crippen LogP contribution in [0.1, 0.15) is 17.0 Å². The number of benzene rings is 2. The Morgan fingerprint density at radius 3 is 2.95 bits per heavy atom. The van der Waals surface area contributed by atoms with Crippen LogP contribution in [0.5, 0.6) is 5.75 Å². The van der Waals surface area contributed by atoms with Crippen LogP contribution in [0.2, 0.25) is 0 Å². The second-order valence-corrected chi connectivity index (χ2v) is 4.56. The van der Waals surface area contributed by atoms with Gasteiger partial charge >= 0.3 is 0 Å². The van der Waals surface area contributed by atoms with Crippen molar-refractivity contribution in [3.8, 4) is 11.8 Å². The fourth-order valence-electron chi connectivity index (χ4n) is 2.12. The summed E-state index contributed by atoms with van der Waals surface area (Å²) in [5.74, 6) is 1.64. The highest BCUT2D eigenvalue weighted by Gasteiger charge is 2.04. The van der Waals surface area contributed by atoms with E-state index in [4.69, 9.17) is 10.00 Å². The van der Waals surface area contributed by atoms with Crippen molar-refractivity contribution in [2.75, 3.05) is 0 Å². The molecule has 1 aromatic heterocycles. The average Bonchev–Trinajstić information content (AvgIpc) is 2.84. The summed E-state index contributed by atoms with van der Waals surface area (Å²) >= 11 is 0. The molecule has 0 amide bonds. The molecule has 0 bridgehead atoms. The molecule has 0 spiro atoms. The molecule has 1 N–H and O–H groups in total. The van der Waals surface area contributed by atoms with E-state index in [9.17, 15) is 0 Å². The lowest BCUT2D eigenvalue weighted by Gasteiger charge is -2.07. The number of rotatable bonds is 3. The molecule has 0 aliphatic carbocycles. The van der Waals surface area contributed by atoms with Gasteiger partial charge in [-0.1, -0.05) is 18.2 Å². The zero-order valence-electron chi connectivity index (χ0n) is 11.1. The van der Waals surface area contributed by atoms with E-state index in [-0.39, 0.29) is 0 Å². The summed E-state index contributed by atoms with van der Waals surface area (Å²) in [4.78, 5) is 7.52. The first-order chi connectivity index (χ1) is 9.76. The number of ether oxygens (including phenoxy) is 1. The van der Waals surface area contributed by atoms with Gasteiger partial charge in [-0.05, 0) is 25.1 Å². The van der Waals surface area contributed by atoms with Gasteiger partial charge in [-0.2, -0.15) is 5.26 Å². The van der Waals surface area contributed by atoms with Crippen LogP contribution in [0.15, 0.2) is 42.5 Å². The molecular weight excluding hydrogens is 250 g/mol. The Hall–Kier alpha value is -2.80. The lowest BCUT2D eigenvalue weighted by molar-refractivity contribution is 0.306. The van der Waals surface area contributed by atoms with Gasteiger partial charge in [0, 0.05) is 11.6 Å². The minimum Gasteiger partial charge on any atom is -0.489 e. The summed E-state index contributed by atoms with van der Waals surface area (Å²) in [6.07, 6.45) is 0. The molecule has 0 fully saturated rings. The molecule has 20 heavy (non-hydrogen) atoms. The van der Waals surface area contributed by atoms with E-state index in [2.05, 4.69) is 16.0 Å². The molecule has 0 aliphatic rings. The highest BCUT2D eigenvalue weighted by atomic mass is 16.5. The third-order valence-electron chi connectivity index (χ3n) is 3.10. The number of hydrogen-bond acceptors (Lipinski definition) is 3. The molecule has 4 heteroatoms. The maximum absolute atomic E-state index is 9.04. The standard InChI is InChI=1S/C16H13N3O/c1-11-18-15-7-6-14(8-16(15)19-11)20-10-13-5-3-2-4-12(13)9-17/h2-8H,10H2,1H3,(H,18,19). The predicted octanol–water partition coefficient (Wildman–Crippen LogP) is 3.32. The van der Waals surface area contributed by atoms with Gasteiger partial charge in [-0.3, -0.25) is 0 Å². The summed E-state index contributed by atoms with van der Waals surface area (Å²) in [6.45, 7) is 2.30. The molecule has 1 heterocycles. The summed E-state index contributed by atoms with van der Waals surface area (Å²) in [7, 11) is 0. The number of hydrogen-bond donors (Lipinski definition) is 1. The van der Waals surface area contributed by atoms with Gasteiger partial charge in [0.25, 0.3) is 0 Å². The van der Waals surface area contributed by atoms with E-state index in [1.165, 1.54) is 0 Å². The SMILES string of the molecule is Cc1nc2ccc(OCc3ccccc3C#N)cc2[nH]1. The highest BCUT2D eigenvalue weighted by molar-refractivity contribution is 5.76. The zero-order chi connectivity index (χ0) is 13.9. The first-order valence-corrected chi connectivity index (χ1v) is 6.33. The largest absolute Gasteiger partial charge is 0.489 e. The maximum atomic E-state index is 9.04. The summed E-state index contributed by atoms with van der Waals surface area (Å²) in [5, 5.41) is 9.04. The lowest BCUT2D eigenvalue weighted by Crippen LogP contribution is -1.97. The van der Waals surface area contributed by atoms with Gasteiger partial charge in [0.05, 0.1) is 22.7 Å². The Kier molecular flexibility index (Phi) is 3.10. The molecule has 0 atom stereocenters. The molecule has 98 valence electrons. The van der Waals surface area contributed by atoms with Gasteiger partial charge in [-0.25, -0.2) is 4.98 Å². The smallest absolute Gasteiger partial charge is 0.122 e. The first-order valence-electron chi connectivity index (χ1n) is 6.33. The zero-order valence-corrected chi connectivity index (χ0v) is 11.1. The number of nitriles is 1. The van der Waals surface area contributed by atoms with Crippen molar-refractivity contribution in [2.45, 2.75) is 13.5 Å². The molecule has 3 aromatic rings. The number of H-pyrrole nitrogens is 1. The van der Waals surface area contributed by atoms with E-state index < -0.39 is 0 Å². The maximum Gasteiger partial charge on any atom is 0.122 e. The Bertz CT molecular complexity index is 799. The van der Waals surface area contributed by atoms with Crippen LogP contribution in [-0.4, -0.2) is 9.97 Å². The van der Waals surface area contributed by atoms with Crippen LogP contribution in [-0.2, 0) is 6.61 Å². The highest BCUT2D eigenvalue weighted by Crippen LogP contribution is 2.20. The molecule has 0 saturated carbocycles. The molecule has 0 unspecified atom stereocenters. The van der Waals surface area contributed by atoms with Crippen molar-refractivity contribution in [1.29, 1.82) is 5.26 Å². The fraction of sp³-hybridized carbons (Fsp3) is 0.125. The topological polar surface area (TPSA) is 61.7 Å². The fourth-order valence-corrected chi connectivity index (χ4v) is 2.12. The Morgan fingerprint density at radius 1 is 1.25 bits per heavy atom. The predicted molar refractivity (Wildman–Crippen MR) is 76.3 cm³/mol. The first kappa shape index (κ1) is 12.2. The third-order valence-corrected chi connectivity index (χ3v) is 3.10. The summed E-state index contributed by atoms with van der Waals surface area (Å²) in [5.41, 5.74) is 3.41. The monoisotopic (exact) mass is 263 g/mol. The Morgan fingerprint density at radius 2 is 2.10 bits per heavy atom. The average molecular weight is 263 g/mol. The van der Waals surface area contributed by atoms with Gasteiger partial charge in [-0.15, -0.1) is 0 Å². The number of aryl methyl sites for hydroxylation is 1. The Labute approximate surface area is 116 Å². The van der Waals surface area contributed by atoms with Gasteiger partial charge in [0.1, 0.15) is 18.2 Å². The van der Waals surface area contributed by atoms with Crippen LogP contribution >= 0.6 is 0 Å². The third kappa shape index (κ3) is 2.34. The van der Waals surface area contributed by atoms with Crippen molar-refractivity contribution in [3.05, 3.63) is 59.4 Å². The summed E-state index contributed by atoms with van der Waals surface area (Å²) < 4.78 is 5.75. The number of nitrogens with one attached hydrogen (secondary N) is 1. The minimum absolute atomic E-state index is 0.377. The van der Waals surface area contributed by atoms with Gasteiger partial charge in [0.2, 0.25) is 0 Å². The van der Waals surface area contributed by atoms with Crippen LogP contribution < -0.4 is 4.74 Å². The Balaban J connectivity index is 1.81. The number of fused-ring (bicyclic) bond motifs is 1. The van der Waals surface area contributed by atoms with Gasteiger partial charge < -0.3 is 9.72 Å². The van der Waals surface area contributed by atoms with Crippen molar-refractivity contribution in [2.24, 2.45) is 0 Å². The minimum atomic E-state index is 0.377. The van der Waals surface area contributed by atoms with E-state index >= 15 is 0 Å². The van der Waals surface area contributed by atoms with Crippen molar-refractivity contribution in [1.82, 2.24) is 9.97 Å².